The summed E-state index contributed by atoms with van der Waals surface area (Å²) in [4.78, 5) is 35.4. The monoisotopic (exact) mass is 340 g/mol. The highest BCUT2D eigenvalue weighted by molar-refractivity contribution is 8.00. The van der Waals surface area contributed by atoms with Crippen molar-refractivity contribution < 1.29 is 33.0 Å². The molecule has 0 aromatic heterocycles. The number of rotatable bonds is 5. The summed E-state index contributed by atoms with van der Waals surface area (Å²) >= 11 is 1.37. The van der Waals surface area contributed by atoms with Crippen molar-refractivity contribution in [2.75, 3.05) is 37.4 Å². The molecule has 1 heterocycles. The highest BCUT2D eigenvalue weighted by atomic mass is 32.2. The van der Waals surface area contributed by atoms with Crippen LogP contribution in [0, 0.1) is 0 Å². The first kappa shape index (κ1) is 17.6. The molecule has 9 nitrogen and oxygen atoms in total. The Morgan fingerprint density at radius 2 is 1.76 bits per heavy atom. The molecule has 2 N–H and O–H groups in total. The van der Waals surface area contributed by atoms with Gasteiger partial charge in [0.15, 0.2) is 9.84 Å². The van der Waals surface area contributed by atoms with Crippen LogP contribution in [0.3, 0.4) is 0 Å². The van der Waals surface area contributed by atoms with Gasteiger partial charge < -0.3 is 20.0 Å². The molecule has 1 aliphatic rings. The Bertz CT molecular complexity index is 518. The zero-order valence-corrected chi connectivity index (χ0v) is 12.9. The third kappa shape index (κ3) is 5.08. The number of thioether (sulfide) groups is 1. The highest BCUT2D eigenvalue weighted by Gasteiger charge is 2.37. The minimum atomic E-state index is -3.55. The Hall–Kier alpha value is -1.49. The van der Waals surface area contributed by atoms with E-state index in [9.17, 15) is 22.8 Å². The normalized spacial score (nSPS) is 19.1. The minimum Gasteiger partial charge on any atom is -0.480 e. The van der Waals surface area contributed by atoms with Crippen molar-refractivity contribution in [3.8, 4) is 0 Å². The first-order valence-corrected chi connectivity index (χ1v) is 8.99. The van der Waals surface area contributed by atoms with Gasteiger partial charge in [-0.05, 0) is 0 Å². The molecule has 0 aromatic rings. The van der Waals surface area contributed by atoms with Gasteiger partial charge in [0.25, 0.3) is 0 Å². The fraction of sp³-hybridized carbons (Fsp3) is 0.700. The predicted octanol–water partition coefficient (Wildman–Crippen LogP) is -1.00. The van der Waals surface area contributed by atoms with E-state index < -0.39 is 46.3 Å². The average Bonchev–Trinajstić information content (AvgIpc) is 2.35. The number of sulfone groups is 1. The molecule has 0 radical (unpaired) electrons. The number of aliphatic carboxylic acids is 2. The van der Waals surface area contributed by atoms with Crippen LogP contribution in [0.1, 0.15) is 0 Å². The van der Waals surface area contributed by atoms with E-state index in [1.165, 1.54) is 11.8 Å². The molecule has 1 rings (SSSR count). The molecule has 1 aliphatic heterocycles. The summed E-state index contributed by atoms with van der Waals surface area (Å²) in [6.45, 7) is -1.48. The van der Waals surface area contributed by atoms with Gasteiger partial charge in [-0.25, -0.2) is 13.2 Å². The van der Waals surface area contributed by atoms with Gasteiger partial charge in [0, 0.05) is 24.3 Å². The van der Waals surface area contributed by atoms with Crippen LogP contribution in [0.4, 0.5) is 4.79 Å². The lowest BCUT2D eigenvalue weighted by molar-refractivity contribution is -0.140. The molecular formula is C10H16N2O7S2. The smallest absolute Gasteiger partial charge is 0.323 e. The largest absolute Gasteiger partial charge is 0.480 e. The van der Waals surface area contributed by atoms with Gasteiger partial charge >= 0.3 is 18.0 Å². The third-order valence-electron chi connectivity index (χ3n) is 2.75. The number of amides is 2. The number of carboxylic acid groups (broad SMARTS) is 2. The van der Waals surface area contributed by atoms with Crippen molar-refractivity contribution in [2.24, 2.45) is 0 Å². The summed E-state index contributed by atoms with van der Waals surface area (Å²) in [7, 11) is -3.55. The highest BCUT2D eigenvalue weighted by Crippen LogP contribution is 2.21. The SMILES string of the molecule is CS(=O)(=O)C1CSCCN1C(=O)N(CC(=O)O)CC(=O)O. The van der Waals surface area contributed by atoms with Crippen LogP contribution >= 0.6 is 11.8 Å². The number of carbonyl (C=O) groups excluding carboxylic acids is 1. The zero-order valence-electron chi connectivity index (χ0n) is 11.3. The minimum absolute atomic E-state index is 0.122. The van der Waals surface area contributed by atoms with E-state index >= 15 is 0 Å². The number of nitrogens with zero attached hydrogens (tertiary/aromatic N) is 2. The maximum atomic E-state index is 12.3. The molecule has 21 heavy (non-hydrogen) atoms. The third-order valence-corrected chi connectivity index (χ3v) is 5.39. The Kier molecular flexibility index (Phi) is 5.84. The predicted molar refractivity (Wildman–Crippen MR) is 74.9 cm³/mol. The van der Waals surface area contributed by atoms with E-state index in [4.69, 9.17) is 10.2 Å². The summed E-state index contributed by atoms with van der Waals surface area (Å²) in [6, 6.07) is -0.893. The molecular weight excluding hydrogens is 324 g/mol. The van der Waals surface area contributed by atoms with Crippen LogP contribution in [-0.4, -0.2) is 89.2 Å². The second kappa shape index (κ2) is 6.98. The summed E-state index contributed by atoms with van der Waals surface area (Å²) in [6.07, 6.45) is 0.989. The summed E-state index contributed by atoms with van der Waals surface area (Å²) in [5, 5.41) is 16.4. The van der Waals surface area contributed by atoms with Gasteiger partial charge in [-0.1, -0.05) is 0 Å². The van der Waals surface area contributed by atoms with Crippen molar-refractivity contribution in [1.82, 2.24) is 9.80 Å². The van der Waals surface area contributed by atoms with Gasteiger partial charge in [-0.2, -0.15) is 11.8 Å². The maximum absolute atomic E-state index is 12.3. The lowest BCUT2D eigenvalue weighted by atomic mass is 10.4. The average molecular weight is 340 g/mol. The standard InChI is InChI=1S/C10H16N2O7S2/c1-21(18,19)7-6-20-3-2-12(7)10(17)11(4-8(13)14)5-9(15)16/h7H,2-6H2,1H3,(H,13,14)(H,15,16). The van der Waals surface area contributed by atoms with Crippen LogP contribution in [0.15, 0.2) is 0 Å². The van der Waals surface area contributed by atoms with Crippen molar-refractivity contribution in [3.05, 3.63) is 0 Å². The molecule has 2 amide bonds. The van der Waals surface area contributed by atoms with Crippen LogP contribution in [0.25, 0.3) is 0 Å². The van der Waals surface area contributed by atoms with Crippen molar-refractivity contribution in [1.29, 1.82) is 0 Å². The van der Waals surface area contributed by atoms with E-state index in [2.05, 4.69) is 0 Å². The molecule has 1 unspecified atom stereocenters. The Morgan fingerprint density at radius 1 is 1.24 bits per heavy atom. The molecule has 0 bridgehead atoms. The second-order valence-electron chi connectivity index (χ2n) is 4.48. The Morgan fingerprint density at radius 3 is 2.19 bits per heavy atom. The summed E-state index contributed by atoms with van der Waals surface area (Å²) < 4.78 is 23.4. The Balaban J connectivity index is 2.98. The molecule has 0 saturated carbocycles. The van der Waals surface area contributed by atoms with Crippen molar-refractivity contribution >= 4 is 39.6 Å². The van der Waals surface area contributed by atoms with E-state index in [1.807, 2.05) is 0 Å². The van der Waals surface area contributed by atoms with Crippen LogP contribution in [0.5, 0.6) is 0 Å². The van der Waals surface area contributed by atoms with E-state index in [-0.39, 0.29) is 12.3 Å². The number of urea groups is 1. The fourth-order valence-electron chi connectivity index (χ4n) is 1.85. The van der Waals surface area contributed by atoms with Crippen LogP contribution < -0.4 is 0 Å². The van der Waals surface area contributed by atoms with Crippen molar-refractivity contribution in [3.63, 3.8) is 0 Å². The summed E-state index contributed by atoms with van der Waals surface area (Å²) in [5.41, 5.74) is 0. The number of hydrogen-bond acceptors (Lipinski definition) is 6. The van der Waals surface area contributed by atoms with E-state index in [0.29, 0.717) is 10.7 Å². The Labute approximate surface area is 125 Å². The van der Waals surface area contributed by atoms with Gasteiger partial charge in [0.2, 0.25) is 0 Å². The number of carboxylic acids is 2. The maximum Gasteiger partial charge on any atom is 0.323 e. The molecule has 11 heteroatoms. The van der Waals surface area contributed by atoms with Gasteiger partial charge in [0.1, 0.15) is 18.5 Å². The van der Waals surface area contributed by atoms with Crippen LogP contribution in [0.2, 0.25) is 0 Å². The number of carbonyl (C=O) groups is 3. The first-order valence-electron chi connectivity index (χ1n) is 5.88. The lowest BCUT2D eigenvalue weighted by Gasteiger charge is -2.36. The lowest BCUT2D eigenvalue weighted by Crippen LogP contribution is -2.56. The first-order chi connectivity index (χ1) is 9.62. The molecule has 0 aromatic carbocycles. The van der Waals surface area contributed by atoms with E-state index in [0.717, 1.165) is 11.2 Å². The molecule has 0 spiro atoms. The summed E-state index contributed by atoms with van der Waals surface area (Å²) in [5.74, 6) is -2.05. The van der Waals surface area contributed by atoms with E-state index in [1.54, 1.807) is 0 Å². The van der Waals surface area contributed by atoms with Gasteiger partial charge in [-0.3, -0.25) is 9.59 Å². The molecule has 0 aliphatic carbocycles. The second-order valence-corrected chi connectivity index (χ2v) is 7.83. The fourth-order valence-corrected chi connectivity index (χ4v) is 4.66. The molecule has 1 saturated heterocycles. The topological polar surface area (TPSA) is 132 Å². The van der Waals surface area contributed by atoms with Crippen LogP contribution in [-0.2, 0) is 19.4 Å². The molecule has 1 atom stereocenters. The zero-order chi connectivity index (χ0) is 16.2. The van der Waals surface area contributed by atoms with Gasteiger partial charge in [0.05, 0.1) is 0 Å². The van der Waals surface area contributed by atoms with Gasteiger partial charge in [-0.15, -0.1) is 0 Å². The number of hydrogen-bond donors (Lipinski definition) is 2. The molecule has 1 fully saturated rings. The quantitative estimate of drug-likeness (QED) is 0.651. The molecule has 120 valence electrons. The van der Waals surface area contributed by atoms with Crippen molar-refractivity contribution in [2.45, 2.75) is 5.37 Å².